The number of hydrogen-bond donors (Lipinski definition) is 1. The van der Waals surface area contributed by atoms with Crippen LogP contribution in [0.1, 0.15) is 23.0 Å². The SMILES string of the molecule is CCC1COCCN1C(=O)c1sc2ccccc2c1N. The molecule has 5 heteroatoms. The van der Waals surface area contributed by atoms with Crippen LogP contribution in [0.4, 0.5) is 5.69 Å². The molecule has 1 aliphatic rings. The summed E-state index contributed by atoms with van der Waals surface area (Å²) in [6.45, 7) is 3.94. The normalized spacial score (nSPS) is 19.4. The van der Waals surface area contributed by atoms with Crippen molar-refractivity contribution in [1.82, 2.24) is 4.90 Å². The molecule has 1 aromatic carbocycles. The van der Waals surface area contributed by atoms with E-state index in [1.165, 1.54) is 11.3 Å². The zero-order chi connectivity index (χ0) is 14.1. The molecule has 1 fully saturated rings. The molecule has 20 heavy (non-hydrogen) atoms. The van der Waals surface area contributed by atoms with E-state index in [1.54, 1.807) is 0 Å². The van der Waals surface area contributed by atoms with E-state index < -0.39 is 0 Å². The molecule has 106 valence electrons. The molecular weight excluding hydrogens is 272 g/mol. The summed E-state index contributed by atoms with van der Waals surface area (Å²) in [5.74, 6) is 0.0406. The average molecular weight is 290 g/mol. The Bertz CT molecular complexity index is 638. The summed E-state index contributed by atoms with van der Waals surface area (Å²) in [5, 5.41) is 0.974. The van der Waals surface area contributed by atoms with Gasteiger partial charge in [-0.1, -0.05) is 25.1 Å². The third-order valence-electron chi connectivity index (χ3n) is 3.79. The summed E-state index contributed by atoms with van der Waals surface area (Å²) in [6, 6.07) is 8.04. The van der Waals surface area contributed by atoms with Gasteiger partial charge in [-0.05, 0) is 12.5 Å². The fourth-order valence-electron chi connectivity index (χ4n) is 2.62. The highest BCUT2D eigenvalue weighted by molar-refractivity contribution is 7.21. The minimum Gasteiger partial charge on any atom is -0.397 e. The van der Waals surface area contributed by atoms with Gasteiger partial charge in [0, 0.05) is 16.6 Å². The number of anilines is 1. The standard InChI is InChI=1S/C15H18N2O2S/c1-2-10-9-19-8-7-17(10)15(18)14-13(16)11-5-3-4-6-12(11)20-14/h3-6,10H,2,7-9,16H2,1H3. The highest BCUT2D eigenvalue weighted by atomic mass is 32.1. The maximum atomic E-state index is 12.8. The van der Waals surface area contributed by atoms with Gasteiger partial charge in [-0.3, -0.25) is 4.79 Å². The zero-order valence-corrected chi connectivity index (χ0v) is 12.3. The molecule has 1 saturated heterocycles. The monoisotopic (exact) mass is 290 g/mol. The van der Waals surface area contributed by atoms with E-state index in [4.69, 9.17) is 10.5 Å². The number of thiophene rings is 1. The van der Waals surface area contributed by atoms with Crippen LogP contribution in [0, 0.1) is 0 Å². The van der Waals surface area contributed by atoms with Crippen molar-refractivity contribution in [2.75, 3.05) is 25.5 Å². The van der Waals surface area contributed by atoms with Gasteiger partial charge in [-0.15, -0.1) is 11.3 Å². The van der Waals surface area contributed by atoms with E-state index in [2.05, 4.69) is 6.92 Å². The maximum Gasteiger partial charge on any atom is 0.266 e. The van der Waals surface area contributed by atoms with E-state index in [9.17, 15) is 4.79 Å². The Morgan fingerprint density at radius 2 is 2.30 bits per heavy atom. The van der Waals surface area contributed by atoms with Gasteiger partial charge in [-0.2, -0.15) is 0 Å². The maximum absolute atomic E-state index is 12.8. The largest absolute Gasteiger partial charge is 0.397 e. The highest BCUT2D eigenvalue weighted by Gasteiger charge is 2.29. The number of nitrogen functional groups attached to an aromatic ring is 1. The molecule has 0 saturated carbocycles. The molecule has 1 unspecified atom stereocenters. The van der Waals surface area contributed by atoms with E-state index in [-0.39, 0.29) is 11.9 Å². The molecule has 4 nitrogen and oxygen atoms in total. The van der Waals surface area contributed by atoms with Crippen molar-refractivity contribution in [3.05, 3.63) is 29.1 Å². The topological polar surface area (TPSA) is 55.6 Å². The first-order valence-corrected chi connectivity index (χ1v) is 7.69. The zero-order valence-electron chi connectivity index (χ0n) is 11.5. The highest BCUT2D eigenvalue weighted by Crippen LogP contribution is 2.34. The van der Waals surface area contributed by atoms with E-state index >= 15 is 0 Å². The van der Waals surface area contributed by atoms with Gasteiger partial charge in [0.2, 0.25) is 0 Å². The van der Waals surface area contributed by atoms with Crippen LogP contribution in [0.3, 0.4) is 0 Å². The number of carbonyl (C=O) groups is 1. The first-order valence-electron chi connectivity index (χ1n) is 6.88. The molecule has 2 heterocycles. The van der Waals surface area contributed by atoms with Gasteiger partial charge >= 0.3 is 0 Å². The van der Waals surface area contributed by atoms with Crippen molar-refractivity contribution in [3.63, 3.8) is 0 Å². The van der Waals surface area contributed by atoms with Crippen LogP contribution in [-0.4, -0.2) is 36.6 Å². The second kappa shape index (κ2) is 5.42. The molecule has 3 rings (SSSR count). The summed E-state index contributed by atoms with van der Waals surface area (Å²) >= 11 is 1.48. The summed E-state index contributed by atoms with van der Waals surface area (Å²) < 4.78 is 6.52. The van der Waals surface area contributed by atoms with Gasteiger partial charge < -0.3 is 15.4 Å². The predicted molar refractivity (Wildman–Crippen MR) is 82.2 cm³/mol. The Balaban J connectivity index is 1.97. The fraction of sp³-hybridized carbons (Fsp3) is 0.400. The Hall–Kier alpha value is -1.59. The first kappa shape index (κ1) is 13.4. The molecule has 0 radical (unpaired) electrons. The lowest BCUT2D eigenvalue weighted by Crippen LogP contribution is -2.48. The lowest BCUT2D eigenvalue weighted by atomic mass is 10.1. The second-order valence-corrected chi connectivity index (χ2v) is 6.03. The van der Waals surface area contributed by atoms with Crippen molar-refractivity contribution in [2.45, 2.75) is 19.4 Å². The molecular formula is C15H18N2O2S. The van der Waals surface area contributed by atoms with Crippen LogP contribution in [0.15, 0.2) is 24.3 Å². The van der Waals surface area contributed by atoms with Crippen LogP contribution in [0.2, 0.25) is 0 Å². The molecule has 2 aromatic rings. The summed E-state index contributed by atoms with van der Waals surface area (Å²) in [4.78, 5) is 15.3. The molecule has 0 aliphatic carbocycles. The minimum atomic E-state index is 0.0406. The van der Waals surface area contributed by atoms with Crippen molar-refractivity contribution in [2.24, 2.45) is 0 Å². The second-order valence-electron chi connectivity index (χ2n) is 4.98. The van der Waals surface area contributed by atoms with Crippen LogP contribution in [0.5, 0.6) is 0 Å². The van der Waals surface area contributed by atoms with Gasteiger partial charge in [-0.25, -0.2) is 0 Å². The van der Waals surface area contributed by atoms with Crippen molar-refractivity contribution in [1.29, 1.82) is 0 Å². The number of nitrogens with zero attached hydrogens (tertiary/aromatic N) is 1. The van der Waals surface area contributed by atoms with E-state index in [0.29, 0.717) is 30.3 Å². The fourth-order valence-corrected chi connectivity index (χ4v) is 3.69. The average Bonchev–Trinajstić information content (AvgIpc) is 2.84. The molecule has 1 aromatic heterocycles. The number of morpholine rings is 1. The molecule has 0 spiro atoms. The number of carbonyl (C=O) groups excluding carboxylic acids is 1. The molecule has 1 aliphatic heterocycles. The van der Waals surface area contributed by atoms with Crippen LogP contribution in [-0.2, 0) is 4.74 Å². The summed E-state index contributed by atoms with van der Waals surface area (Å²) in [7, 11) is 0. The predicted octanol–water partition coefficient (Wildman–Crippen LogP) is 2.73. The van der Waals surface area contributed by atoms with Gasteiger partial charge in [0.1, 0.15) is 4.88 Å². The third-order valence-corrected chi connectivity index (χ3v) is 4.96. The number of ether oxygens (including phenoxy) is 1. The van der Waals surface area contributed by atoms with E-state index in [0.717, 1.165) is 16.5 Å². The van der Waals surface area contributed by atoms with Crippen molar-refractivity contribution < 1.29 is 9.53 Å². The van der Waals surface area contributed by atoms with Gasteiger partial charge in [0.25, 0.3) is 5.91 Å². The molecule has 1 amide bonds. The summed E-state index contributed by atoms with van der Waals surface area (Å²) in [5.41, 5.74) is 6.77. The third kappa shape index (κ3) is 2.17. The lowest BCUT2D eigenvalue weighted by Gasteiger charge is -2.34. The number of amides is 1. The summed E-state index contributed by atoms with van der Waals surface area (Å²) in [6.07, 6.45) is 0.899. The Morgan fingerprint density at radius 3 is 3.05 bits per heavy atom. The number of rotatable bonds is 2. The molecule has 1 atom stereocenters. The Labute approximate surface area is 122 Å². The van der Waals surface area contributed by atoms with Gasteiger partial charge in [0.15, 0.2) is 0 Å². The molecule has 0 bridgehead atoms. The van der Waals surface area contributed by atoms with Gasteiger partial charge in [0.05, 0.1) is 24.9 Å². The van der Waals surface area contributed by atoms with E-state index in [1.807, 2.05) is 29.2 Å². The van der Waals surface area contributed by atoms with Crippen molar-refractivity contribution in [3.8, 4) is 0 Å². The first-order chi connectivity index (χ1) is 9.72. The number of benzene rings is 1. The smallest absolute Gasteiger partial charge is 0.266 e. The Morgan fingerprint density at radius 1 is 1.50 bits per heavy atom. The molecule has 2 N–H and O–H groups in total. The lowest BCUT2D eigenvalue weighted by molar-refractivity contribution is -0.00248. The number of fused-ring (bicyclic) bond motifs is 1. The van der Waals surface area contributed by atoms with Crippen molar-refractivity contribution >= 4 is 33.0 Å². The van der Waals surface area contributed by atoms with Crippen LogP contribution >= 0.6 is 11.3 Å². The van der Waals surface area contributed by atoms with Crippen LogP contribution < -0.4 is 5.73 Å². The van der Waals surface area contributed by atoms with Crippen LogP contribution in [0.25, 0.3) is 10.1 Å². The number of hydrogen-bond acceptors (Lipinski definition) is 4. The minimum absolute atomic E-state index is 0.0406. The number of nitrogens with two attached hydrogens (primary N) is 1. The Kier molecular flexibility index (Phi) is 3.63. The quantitative estimate of drug-likeness (QED) is 0.925.